The van der Waals surface area contributed by atoms with Crippen molar-refractivity contribution in [2.45, 2.75) is 6.42 Å². The molecule has 2 aromatic carbocycles. The highest BCUT2D eigenvalue weighted by molar-refractivity contribution is 5.85. The molecule has 0 N–H and O–H groups in total. The molecule has 2 nitrogen and oxygen atoms in total. The van der Waals surface area contributed by atoms with Gasteiger partial charge in [0, 0.05) is 24.1 Å². The van der Waals surface area contributed by atoms with Crippen LogP contribution in [0.15, 0.2) is 48.7 Å². The molecule has 0 saturated carbocycles. The molecule has 0 aliphatic carbocycles. The van der Waals surface area contributed by atoms with E-state index in [9.17, 15) is 13.2 Å². The maximum absolute atomic E-state index is 13.6. The summed E-state index contributed by atoms with van der Waals surface area (Å²) in [7, 11) is 0. The van der Waals surface area contributed by atoms with Gasteiger partial charge in [0.15, 0.2) is 0 Å². The van der Waals surface area contributed by atoms with E-state index >= 15 is 0 Å². The molecular weight excluding hydrogens is 291 g/mol. The zero-order valence-corrected chi connectivity index (χ0v) is 11.5. The molecular formula is C17H12F3NO. The molecule has 0 amide bonds. The zero-order valence-electron chi connectivity index (χ0n) is 11.5. The Bertz CT molecular complexity index is 820. The second-order valence-electron chi connectivity index (χ2n) is 4.78. The zero-order chi connectivity index (χ0) is 15.5. The second kappa shape index (κ2) is 6.05. The third kappa shape index (κ3) is 2.88. The van der Waals surface area contributed by atoms with Crippen LogP contribution in [0.2, 0.25) is 0 Å². The minimum atomic E-state index is -0.613. The van der Waals surface area contributed by atoms with E-state index in [0.717, 1.165) is 6.07 Å². The fraction of sp³-hybridized carbons (Fsp3) is 0.118. The van der Waals surface area contributed by atoms with Gasteiger partial charge in [0.05, 0.1) is 6.61 Å². The van der Waals surface area contributed by atoms with E-state index in [1.165, 1.54) is 24.4 Å². The third-order valence-corrected chi connectivity index (χ3v) is 3.33. The molecule has 3 aromatic rings. The van der Waals surface area contributed by atoms with E-state index in [-0.39, 0.29) is 18.5 Å². The average Bonchev–Trinajstić information content (AvgIpc) is 2.50. The lowest BCUT2D eigenvalue weighted by Gasteiger charge is -2.09. The van der Waals surface area contributed by atoms with Gasteiger partial charge in [-0.25, -0.2) is 13.2 Å². The predicted molar refractivity (Wildman–Crippen MR) is 77.3 cm³/mol. The van der Waals surface area contributed by atoms with Crippen molar-refractivity contribution in [2.24, 2.45) is 0 Å². The van der Waals surface area contributed by atoms with Crippen molar-refractivity contribution in [3.8, 4) is 5.75 Å². The summed E-state index contributed by atoms with van der Waals surface area (Å²) >= 11 is 0. The van der Waals surface area contributed by atoms with Crippen LogP contribution in [0.5, 0.6) is 5.75 Å². The number of nitrogens with zero attached hydrogens (tertiary/aromatic N) is 1. The van der Waals surface area contributed by atoms with Crippen molar-refractivity contribution in [3.05, 3.63) is 71.7 Å². The standard InChI is InChI=1S/C17H12F3NO/c18-12-5-4-11(15(20)10-12)7-9-22-16-6-8-21-17-13(16)2-1-3-14(17)19/h1-6,8,10H,7,9H2. The summed E-state index contributed by atoms with van der Waals surface area (Å²) in [5.74, 6) is -1.16. The molecule has 0 aliphatic rings. The molecule has 0 fully saturated rings. The number of benzene rings is 2. The quantitative estimate of drug-likeness (QED) is 0.718. The van der Waals surface area contributed by atoms with Crippen molar-refractivity contribution in [3.63, 3.8) is 0 Å². The SMILES string of the molecule is Fc1ccc(CCOc2ccnc3c(F)cccc23)c(F)c1. The summed E-state index contributed by atoms with van der Waals surface area (Å²) in [6.45, 7) is 0.193. The summed E-state index contributed by atoms with van der Waals surface area (Å²) in [5.41, 5.74) is 0.596. The number of ether oxygens (including phenoxy) is 1. The lowest BCUT2D eigenvalue weighted by Crippen LogP contribution is -2.04. The van der Waals surface area contributed by atoms with E-state index in [4.69, 9.17) is 4.74 Å². The normalized spacial score (nSPS) is 10.9. The molecule has 0 unspecified atom stereocenters. The highest BCUT2D eigenvalue weighted by atomic mass is 19.1. The Kier molecular flexibility index (Phi) is 3.96. The van der Waals surface area contributed by atoms with Crippen LogP contribution in [0.3, 0.4) is 0 Å². The number of halogens is 3. The summed E-state index contributed by atoms with van der Waals surface area (Å²) in [6.07, 6.45) is 1.74. The third-order valence-electron chi connectivity index (χ3n) is 3.33. The van der Waals surface area contributed by atoms with Gasteiger partial charge in [-0.1, -0.05) is 12.1 Å². The smallest absolute Gasteiger partial charge is 0.149 e. The molecule has 5 heteroatoms. The molecule has 0 saturated heterocycles. The monoisotopic (exact) mass is 303 g/mol. The molecule has 1 aromatic heterocycles. The van der Waals surface area contributed by atoms with Crippen molar-refractivity contribution in [1.29, 1.82) is 0 Å². The van der Waals surface area contributed by atoms with Gasteiger partial charge < -0.3 is 4.74 Å². The molecule has 0 spiro atoms. The highest BCUT2D eigenvalue weighted by Gasteiger charge is 2.08. The van der Waals surface area contributed by atoms with E-state index in [1.807, 2.05) is 0 Å². The van der Waals surface area contributed by atoms with E-state index in [2.05, 4.69) is 4.98 Å². The Balaban J connectivity index is 1.76. The average molecular weight is 303 g/mol. The number of fused-ring (bicyclic) bond motifs is 1. The lowest BCUT2D eigenvalue weighted by atomic mass is 10.1. The first kappa shape index (κ1) is 14.4. The predicted octanol–water partition coefficient (Wildman–Crippen LogP) is 4.27. The second-order valence-corrected chi connectivity index (χ2v) is 4.78. The molecule has 0 atom stereocenters. The van der Waals surface area contributed by atoms with Crippen LogP contribution < -0.4 is 4.74 Å². The number of hydrogen-bond donors (Lipinski definition) is 0. The summed E-state index contributed by atoms with van der Waals surface area (Å²) in [4.78, 5) is 3.97. The van der Waals surface area contributed by atoms with Crippen LogP contribution in [0.25, 0.3) is 10.9 Å². The maximum atomic E-state index is 13.6. The fourth-order valence-corrected chi connectivity index (χ4v) is 2.24. The Morgan fingerprint density at radius 1 is 0.955 bits per heavy atom. The summed E-state index contributed by atoms with van der Waals surface area (Å²) < 4.78 is 45.6. The molecule has 0 aliphatic heterocycles. The molecule has 0 radical (unpaired) electrons. The number of hydrogen-bond acceptors (Lipinski definition) is 2. The number of rotatable bonds is 4. The lowest BCUT2D eigenvalue weighted by molar-refractivity contribution is 0.323. The van der Waals surface area contributed by atoms with Gasteiger partial charge in [-0.15, -0.1) is 0 Å². The van der Waals surface area contributed by atoms with Gasteiger partial charge in [-0.05, 0) is 29.8 Å². The van der Waals surface area contributed by atoms with Crippen molar-refractivity contribution in [1.82, 2.24) is 4.98 Å². The van der Waals surface area contributed by atoms with Gasteiger partial charge in [0.2, 0.25) is 0 Å². The van der Waals surface area contributed by atoms with Crippen LogP contribution in [0, 0.1) is 17.5 Å². The first-order valence-corrected chi connectivity index (χ1v) is 6.75. The van der Waals surface area contributed by atoms with Gasteiger partial charge in [0.25, 0.3) is 0 Å². The van der Waals surface area contributed by atoms with E-state index < -0.39 is 17.5 Å². The molecule has 22 heavy (non-hydrogen) atoms. The Morgan fingerprint density at radius 3 is 2.64 bits per heavy atom. The summed E-state index contributed by atoms with van der Waals surface area (Å²) in [5, 5.41) is 0.557. The van der Waals surface area contributed by atoms with Gasteiger partial charge in [0.1, 0.15) is 28.7 Å². The Labute approximate surface area is 125 Å². The minimum absolute atomic E-state index is 0.193. The van der Waals surface area contributed by atoms with Crippen LogP contribution in [-0.2, 0) is 6.42 Å². The van der Waals surface area contributed by atoms with E-state index in [1.54, 1.807) is 18.2 Å². The first-order chi connectivity index (χ1) is 10.6. The minimum Gasteiger partial charge on any atom is -0.492 e. The largest absolute Gasteiger partial charge is 0.492 e. The molecule has 112 valence electrons. The van der Waals surface area contributed by atoms with E-state index in [0.29, 0.717) is 16.7 Å². The van der Waals surface area contributed by atoms with Crippen molar-refractivity contribution in [2.75, 3.05) is 6.61 Å². The maximum Gasteiger partial charge on any atom is 0.149 e. The summed E-state index contributed by atoms with van der Waals surface area (Å²) in [6, 6.07) is 9.67. The number of aromatic nitrogens is 1. The molecule has 3 rings (SSSR count). The van der Waals surface area contributed by atoms with Gasteiger partial charge >= 0.3 is 0 Å². The topological polar surface area (TPSA) is 22.1 Å². The fourth-order valence-electron chi connectivity index (χ4n) is 2.24. The first-order valence-electron chi connectivity index (χ1n) is 6.75. The highest BCUT2D eigenvalue weighted by Crippen LogP contribution is 2.25. The Morgan fingerprint density at radius 2 is 1.82 bits per heavy atom. The van der Waals surface area contributed by atoms with Crippen molar-refractivity contribution < 1.29 is 17.9 Å². The van der Waals surface area contributed by atoms with Crippen LogP contribution in [-0.4, -0.2) is 11.6 Å². The van der Waals surface area contributed by atoms with Gasteiger partial charge in [-0.2, -0.15) is 0 Å². The van der Waals surface area contributed by atoms with Crippen LogP contribution in [0.4, 0.5) is 13.2 Å². The van der Waals surface area contributed by atoms with Crippen molar-refractivity contribution >= 4 is 10.9 Å². The molecule has 1 heterocycles. The number of pyridine rings is 1. The number of para-hydroxylation sites is 1. The Hall–Kier alpha value is -2.56. The van der Waals surface area contributed by atoms with Crippen LogP contribution >= 0.6 is 0 Å². The molecule has 0 bridgehead atoms. The van der Waals surface area contributed by atoms with Crippen LogP contribution in [0.1, 0.15) is 5.56 Å². The van der Waals surface area contributed by atoms with Gasteiger partial charge in [-0.3, -0.25) is 4.98 Å².